The summed E-state index contributed by atoms with van der Waals surface area (Å²) >= 11 is 0. The van der Waals surface area contributed by atoms with Crippen molar-refractivity contribution in [3.63, 3.8) is 0 Å². The number of Topliss-reactive ketones (excluding diaryl/α,β-unsaturated/α-hetero) is 1. The summed E-state index contributed by atoms with van der Waals surface area (Å²) in [7, 11) is 0. The molecule has 1 fully saturated rings. The number of hydrogen-bond donors (Lipinski definition) is 0. The highest BCUT2D eigenvalue weighted by atomic mass is 16.7. The molecule has 3 heteroatoms. The van der Waals surface area contributed by atoms with Gasteiger partial charge in [-0.1, -0.05) is 0 Å². The molecule has 0 radical (unpaired) electrons. The molecule has 14 heavy (non-hydrogen) atoms. The third kappa shape index (κ3) is 1.19. The summed E-state index contributed by atoms with van der Waals surface area (Å²) in [5.74, 6) is 1.63. The summed E-state index contributed by atoms with van der Waals surface area (Å²) in [6.07, 6.45) is 4.49. The third-order valence-corrected chi connectivity index (χ3v) is 3.36. The molecular weight excluding hydrogens is 180 g/mol. The van der Waals surface area contributed by atoms with Crippen molar-refractivity contribution in [2.24, 2.45) is 5.92 Å². The Bertz CT molecular complexity index is 306. The molecule has 76 valence electrons. The quantitative estimate of drug-likeness (QED) is 0.589. The van der Waals surface area contributed by atoms with E-state index >= 15 is 0 Å². The monoisotopic (exact) mass is 194 g/mol. The standard InChI is InChI=1S/C11H14O3/c12-9-3-4-10-8(9)6-7-2-1-5-13-11(7)14-10/h7,11H,1-6H2/t7-,11+/m0/s1. The molecule has 3 nitrogen and oxygen atoms in total. The average molecular weight is 194 g/mol. The maximum Gasteiger partial charge on any atom is 0.202 e. The van der Waals surface area contributed by atoms with Crippen molar-refractivity contribution in [1.82, 2.24) is 0 Å². The second kappa shape index (κ2) is 3.09. The number of fused-ring (bicyclic) bond motifs is 1. The van der Waals surface area contributed by atoms with E-state index in [-0.39, 0.29) is 6.29 Å². The van der Waals surface area contributed by atoms with Gasteiger partial charge in [0.05, 0.1) is 6.61 Å². The van der Waals surface area contributed by atoms with Gasteiger partial charge in [-0.15, -0.1) is 0 Å². The molecule has 0 aromatic rings. The highest BCUT2D eigenvalue weighted by molar-refractivity contribution is 5.98. The molecule has 0 aromatic carbocycles. The number of carbonyl (C=O) groups is 1. The van der Waals surface area contributed by atoms with E-state index in [0.29, 0.717) is 18.1 Å². The van der Waals surface area contributed by atoms with E-state index < -0.39 is 0 Å². The predicted octanol–water partition coefficient (Wildman–Crippen LogP) is 1.78. The zero-order chi connectivity index (χ0) is 9.54. The van der Waals surface area contributed by atoms with E-state index in [1.165, 1.54) is 0 Å². The minimum Gasteiger partial charge on any atom is -0.469 e. The number of carbonyl (C=O) groups excluding carboxylic acids is 1. The first-order valence-electron chi connectivity index (χ1n) is 5.38. The molecule has 3 rings (SSSR count). The summed E-state index contributed by atoms with van der Waals surface area (Å²) in [5, 5.41) is 0. The molecule has 3 aliphatic rings. The van der Waals surface area contributed by atoms with Gasteiger partial charge in [-0.3, -0.25) is 4.79 Å². The lowest BCUT2D eigenvalue weighted by atomic mass is 9.90. The van der Waals surface area contributed by atoms with Crippen molar-refractivity contribution in [1.29, 1.82) is 0 Å². The molecule has 0 bridgehead atoms. The minimum absolute atomic E-state index is 0.0617. The molecule has 0 amide bonds. The van der Waals surface area contributed by atoms with Crippen LogP contribution in [-0.2, 0) is 14.3 Å². The van der Waals surface area contributed by atoms with Crippen LogP contribution in [0.3, 0.4) is 0 Å². The van der Waals surface area contributed by atoms with E-state index in [0.717, 1.165) is 43.6 Å². The van der Waals surface area contributed by atoms with E-state index in [9.17, 15) is 4.79 Å². The van der Waals surface area contributed by atoms with E-state index in [2.05, 4.69) is 0 Å². The molecule has 0 unspecified atom stereocenters. The van der Waals surface area contributed by atoms with E-state index in [1.54, 1.807) is 0 Å². The Labute approximate surface area is 83.1 Å². The molecular formula is C11H14O3. The van der Waals surface area contributed by atoms with Crippen LogP contribution in [0.1, 0.15) is 32.1 Å². The fourth-order valence-electron chi connectivity index (χ4n) is 2.59. The first kappa shape index (κ1) is 8.48. The topological polar surface area (TPSA) is 35.5 Å². The van der Waals surface area contributed by atoms with Crippen molar-refractivity contribution in [3.05, 3.63) is 11.3 Å². The molecule has 2 aliphatic heterocycles. The van der Waals surface area contributed by atoms with Crippen LogP contribution in [0.25, 0.3) is 0 Å². The van der Waals surface area contributed by atoms with Gasteiger partial charge in [0.25, 0.3) is 0 Å². The Morgan fingerprint density at radius 3 is 3.14 bits per heavy atom. The molecule has 2 atom stereocenters. The van der Waals surface area contributed by atoms with Crippen LogP contribution in [0.4, 0.5) is 0 Å². The molecule has 1 saturated heterocycles. The summed E-state index contributed by atoms with van der Waals surface area (Å²) in [5.41, 5.74) is 0.955. The number of rotatable bonds is 0. The van der Waals surface area contributed by atoms with Crippen molar-refractivity contribution < 1.29 is 14.3 Å². The van der Waals surface area contributed by atoms with Crippen LogP contribution in [-0.4, -0.2) is 18.7 Å². The summed E-state index contributed by atoms with van der Waals surface area (Å²) in [4.78, 5) is 11.5. The Morgan fingerprint density at radius 1 is 1.29 bits per heavy atom. The van der Waals surface area contributed by atoms with Gasteiger partial charge in [0.1, 0.15) is 5.76 Å². The highest BCUT2D eigenvalue weighted by Gasteiger charge is 2.38. The molecule has 1 aliphatic carbocycles. The first-order valence-corrected chi connectivity index (χ1v) is 5.38. The SMILES string of the molecule is O=C1CCC2=C1C[C@@H]1CCCO[C@@H]1O2. The van der Waals surface area contributed by atoms with Crippen molar-refractivity contribution in [2.45, 2.75) is 38.4 Å². The van der Waals surface area contributed by atoms with Gasteiger partial charge in [0, 0.05) is 24.3 Å². The fraction of sp³-hybridized carbons (Fsp3) is 0.727. The van der Waals surface area contributed by atoms with Gasteiger partial charge in [-0.2, -0.15) is 0 Å². The fourth-order valence-corrected chi connectivity index (χ4v) is 2.59. The average Bonchev–Trinajstić information content (AvgIpc) is 2.57. The second-order valence-electron chi connectivity index (χ2n) is 4.29. The zero-order valence-corrected chi connectivity index (χ0v) is 8.12. The van der Waals surface area contributed by atoms with Crippen LogP contribution in [0.15, 0.2) is 11.3 Å². The van der Waals surface area contributed by atoms with Crippen molar-refractivity contribution in [3.8, 4) is 0 Å². The van der Waals surface area contributed by atoms with Crippen LogP contribution >= 0.6 is 0 Å². The number of ketones is 1. The molecule has 0 spiro atoms. The second-order valence-corrected chi connectivity index (χ2v) is 4.29. The van der Waals surface area contributed by atoms with E-state index in [1.807, 2.05) is 0 Å². The molecule has 0 aromatic heterocycles. The van der Waals surface area contributed by atoms with E-state index in [4.69, 9.17) is 9.47 Å². The Morgan fingerprint density at radius 2 is 2.21 bits per heavy atom. The summed E-state index contributed by atoms with van der Waals surface area (Å²) in [6.45, 7) is 0.803. The Kier molecular flexibility index (Phi) is 1.87. The lowest BCUT2D eigenvalue weighted by Crippen LogP contribution is -2.35. The zero-order valence-electron chi connectivity index (χ0n) is 8.12. The van der Waals surface area contributed by atoms with Crippen LogP contribution in [0, 0.1) is 5.92 Å². The van der Waals surface area contributed by atoms with Crippen LogP contribution < -0.4 is 0 Å². The highest BCUT2D eigenvalue weighted by Crippen LogP contribution is 2.40. The smallest absolute Gasteiger partial charge is 0.202 e. The van der Waals surface area contributed by atoms with Crippen molar-refractivity contribution >= 4 is 5.78 Å². The third-order valence-electron chi connectivity index (χ3n) is 3.36. The summed E-state index contributed by atoms with van der Waals surface area (Å²) in [6, 6.07) is 0. The normalized spacial score (nSPS) is 36.4. The van der Waals surface area contributed by atoms with Gasteiger partial charge in [0.15, 0.2) is 5.78 Å². The first-order chi connectivity index (χ1) is 6.84. The van der Waals surface area contributed by atoms with Crippen LogP contribution in [0.5, 0.6) is 0 Å². The lowest BCUT2D eigenvalue weighted by molar-refractivity contribution is -0.180. The minimum atomic E-state index is -0.0617. The summed E-state index contributed by atoms with van der Waals surface area (Å²) < 4.78 is 11.3. The maximum atomic E-state index is 11.5. The lowest BCUT2D eigenvalue weighted by Gasteiger charge is -2.35. The van der Waals surface area contributed by atoms with Gasteiger partial charge in [0.2, 0.25) is 6.29 Å². The number of ether oxygens (including phenoxy) is 2. The van der Waals surface area contributed by atoms with Crippen LogP contribution in [0.2, 0.25) is 0 Å². The van der Waals surface area contributed by atoms with Gasteiger partial charge in [-0.05, 0) is 19.3 Å². The largest absolute Gasteiger partial charge is 0.469 e. The predicted molar refractivity (Wildman–Crippen MR) is 49.4 cm³/mol. The molecule has 2 heterocycles. The number of allylic oxidation sites excluding steroid dienone is 2. The Hall–Kier alpha value is -0.830. The molecule has 0 N–H and O–H groups in total. The number of hydrogen-bond acceptors (Lipinski definition) is 3. The molecule has 0 saturated carbocycles. The van der Waals surface area contributed by atoms with Gasteiger partial charge in [-0.25, -0.2) is 0 Å². The van der Waals surface area contributed by atoms with Gasteiger partial charge >= 0.3 is 0 Å². The Balaban J connectivity index is 1.86. The van der Waals surface area contributed by atoms with Gasteiger partial charge < -0.3 is 9.47 Å². The maximum absolute atomic E-state index is 11.5. The van der Waals surface area contributed by atoms with Crippen molar-refractivity contribution in [2.75, 3.05) is 6.61 Å².